The predicted molar refractivity (Wildman–Crippen MR) is 124 cm³/mol. The molecule has 0 spiro atoms. The molecule has 5 nitrogen and oxygen atoms in total. The summed E-state index contributed by atoms with van der Waals surface area (Å²) in [5, 5.41) is 2.98. The number of thioether (sulfide) groups is 1. The largest absolute Gasteiger partial charge is 0.497 e. The smallest absolute Gasteiger partial charge is 0.242 e. The highest BCUT2D eigenvalue weighted by atomic mass is 32.2. The molecular formula is C24H32N2O3S. The van der Waals surface area contributed by atoms with Crippen LogP contribution in [0.5, 0.6) is 5.75 Å². The van der Waals surface area contributed by atoms with E-state index in [1.54, 1.807) is 30.7 Å². The van der Waals surface area contributed by atoms with E-state index in [-0.39, 0.29) is 17.4 Å². The topological polar surface area (TPSA) is 58.6 Å². The molecule has 0 fully saturated rings. The fourth-order valence-electron chi connectivity index (χ4n) is 2.90. The Labute approximate surface area is 184 Å². The lowest BCUT2D eigenvalue weighted by Crippen LogP contribution is -2.52. The number of nitrogens with zero attached hydrogens (tertiary/aromatic N) is 1. The van der Waals surface area contributed by atoms with Gasteiger partial charge in [0.1, 0.15) is 11.8 Å². The Hall–Kier alpha value is -2.47. The van der Waals surface area contributed by atoms with Crippen LogP contribution in [0.3, 0.4) is 0 Å². The second-order valence-electron chi connectivity index (χ2n) is 8.26. The van der Waals surface area contributed by atoms with E-state index < -0.39 is 6.04 Å². The lowest BCUT2D eigenvalue weighted by Gasteiger charge is -2.31. The average Bonchev–Trinajstić information content (AvgIpc) is 2.71. The molecule has 2 aromatic rings. The van der Waals surface area contributed by atoms with Crippen LogP contribution in [-0.4, -0.2) is 41.2 Å². The van der Waals surface area contributed by atoms with Gasteiger partial charge in [0.05, 0.1) is 12.9 Å². The zero-order valence-corrected chi connectivity index (χ0v) is 19.3. The van der Waals surface area contributed by atoms with Crippen molar-refractivity contribution in [3.8, 4) is 5.75 Å². The third-order valence-electron chi connectivity index (χ3n) is 4.51. The van der Waals surface area contributed by atoms with Gasteiger partial charge in [-0.25, -0.2) is 0 Å². The molecule has 2 rings (SSSR count). The third-order valence-corrected chi connectivity index (χ3v) is 5.50. The van der Waals surface area contributed by atoms with Crippen molar-refractivity contribution in [1.82, 2.24) is 10.2 Å². The molecule has 0 saturated heterocycles. The zero-order valence-electron chi connectivity index (χ0n) is 18.5. The van der Waals surface area contributed by atoms with Crippen LogP contribution < -0.4 is 10.1 Å². The van der Waals surface area contributed by atoms with Gasteiger partial charge >= 0.3 is 0 Å². The summed E-state index contributed by atoms with van der Waals surface area (Å²) in [5.41, 5.74) is 1.77. The number of hydrogen-bond acceptors (Lipinski definition) is 4. The summed E-state index contributed by atoms with van der Waals surface area (Å²) in [7, 11) is 1.62. The van der Waals surface area contributed by atoms with E-state index in [1.807, 2.05) is 75.4 Å². The average molecular weight is 429 g/mol. The van der Waals surface area contributed by atoms with Gasteiger partial charge in [0, 0.05) is 17.8 Å². The minimum Gasteiger partial charge on any atom is -0.497 e. The molecule has 0 bridgehead atoms. The summed E-state index contributed by atoms with van der Waals surface area (Å²) in [6, 6.07) is 17.1. The lowest BCUT2D eigenvalue weighted by molar-refractivity contribution is -0.139. The first-order chi connectivity index (χ1) is 14.2. The molecule has 0 aliphatic heterocycles. The van der Waals surface area contributed by atoms with Crippen LogP contribution in [0.25, 0.3) is 0 Å². The molecule has 2 aromatic carbocycles. The Morgan fingerprint density at radius 1 is 1.03 bits per heavy atom. The summed E-state index contributed by atoms with van der Waals surface area (Å²) < 4.78 is 5.21. The molecular weight excluding hydrogens is 396 g/mol. The maximum atomic E-state index is 13.1. The maximum absolute atomic E-state index is 13.1. The van der Waals surface area contributed by atoms with Gasteiger partial charge < -0.3 is 15.0 Å². The molecule has 0 aliphatic carbocycles. The van der Waals surface area contributed by atoms with E-state index in [0.717, 1.165) is 17.1 Å². The molecule has 30 heavy (non-hydrogen) atoms. The van der Waals surface area contributed by atoms with Gasteiger partial charge in [-0.2, -0.15) is 0 Å². The van der Waals surface area contributed by atoms with E-state index in [4.69, 9.17) is 4.74 Å². The number of rotatable bonds is 9. The highest BCUT2D eigenvalue weighted by molar-refractivity contribution is 7.99. The van der Waals surface area contributed by atoms with Crippen LogP contribution >= 0.6 is 11.8 Å². The SMILES string of the molecule is COc1ccc(CN(C(=O)CSCc2ccccc2)C(C)C(=O)NC(C)(C)C)cc1. The molecule has 0 aliphatic rings. The molecule has 0 saturated carbocycles. The summed E-state index contributed by atoms with van der Waals surface area (Å²) in [4.78, 5) is 27.5. The number of carbonyl (C=O) groups is 2. The van der Waals surface area contributed by atoms with Crippen LogP contribution in [0, 0.1) is 0 Å². The van der Waals surface area contributed by atoms with E-state index in [1.165, 1.54) is 5.56 Å². The number of methoxy groups -OCH3 is 1. The van der Waals surface area contributed by atoms with Gasteiger partial charge in [-0.05, 0) is 51.0 Å². The number of benzene rings is 2. The second-order valence-corrected chi connectivity index (χ2v) is 9.25. The molecule has 0 heterocycles. The zero-order chi connectivity index (χ0) is 22.1. The summed E-state index contributed by atoms with van der Waals surface area (Å²) in [6.07, 6.45) is 0. The Balaban J connectivity index is 2.09. The minimum absolute atomic E-state index is 0.0525. The summed E-state index contributed by atoms with van der Waals surface area (Å²) >= 11 is 1.56. The third kappa shape index (κ3) is 7.75. The molecule has 1 atom stereocenters. The normalized spacial score (nSPS) is 12.2. The molecule has 1 N–H and O–H groups in total. The van der Waals surface area contributed by atoms with Crippen LogP contribution in [0.2, 0.25) is 0 Å². The Kier molecular flexibility index (Phi) is 8.78. The first-order valence-corrected chi connectivity index (χ1v) is 11.2. The maximum Gasteiger partial charge on any atom is 0.242 e. The van der Waals surface area contributed by atoms with Crippen LogP contribution in [0.1, 0.15) is 38.8 Å². The van der Waals surface area contributed by atoms with Gasteiger partial charge in [-0.3, -0.25) is 9.59 Å². The van der Waals surface area contributed by atoms with Crippen molar-refractivity contribution in [3.05, 3.63) is 65.7 Å². The van der Waals surface area contributed by atoms with E-state index in [0.29, 0.717) is 12.3 Å². The van der Waals surface area contributed by atoms with Gasteiger partial charge in [-0.1, -0.05) is 42.5 Å². The number of nitrogens with one attached hydrogen (secondary N) is 1. The highest BCUT2D eigenvalue weighted by Gasteiger charge is 2.28. The number of carbonyl (C=O) groups excluding carboxylic acids is 2. The Morgan fingerprint density at radius 2 is 1.67 bits per heavy atom. The monoisotopic (exact) mass is 428 g/mol. The van der Waals surface area contributed by atoms with Crippen LogP contribution in [0.15, 0.2) is 54.6 Å². The minimum atomic E-state index is -0.573. The predicted octanol–water partition coefficient (Wildman–Crippen LogP) is 4.26. The summed E-state index contributed by atoms with van der Waals surface area (Å²) in [5.74, 6) is 1.62. The molecule has 1 unspecified atom stereocenters. The van der Waals surface area contributed by atoms with Gasteiger partial charge in [-0.15, -0.1) is 11.8 Å². The number of ether oxygens (including phenoxy) is 1. The Bertz CT molecular complexity index is 817. The molecule has 162 valence electrons. The van der Waals surface area contributed by atoms with Crippen molar-refractivity contribution in [3.63, 3.8) is 0 Å². The standard InChI is InChI=1S/C24H32N2O3S/c1-18(23(28)25-24(2,3)4)26(15-19-11-13-21(29-5)14-12-19)22(27)17-30-16-20-9-7-6-8-10-20/h6-14,18H,15-17H2,1-5H3,(H,25,28). The van der Waals surface area contributed by atoms with Crippen molar-refractivity contribution in [2.45, 2.75) is 51.6 Å². The molecule has 6 heteroatoms. The molecule has 0 radical (unpaired) electrons. The molecule has 0 aromatic heterocycles. The number of hydrogen-bond donors (Lipinski definition) is 1. The van der Waals surface area contributed by atoms with Crippen molar-refractivity contribution in [2.24, 2.45) is 0 Å². The van der Waals surface area contributed by atoms with Crippen molar-refractivity contribution < 1.29 is 14.3 Å². The fraction of sp³-hybridized carbons (Fsp3) is 0.417. The Morgan fingerprint density at radius 3 is 2.23 bits per heavy atom. The lowest BCUT2D eigenvalue weighted by atomic mass is 10.1. The van der Waals surface area contributed by atoms with Gasteiger partial charge in [0.2, 0.25) is 11.8 Å². The van der Waals surface area contributed by atoms with Crippen LogP contribution in [0.4, 0.5) is 0 Å². The van der Waals surface area contributed by atoms with E-state index >= 15 is 0 Å². The second kappa shape index (κ2) is 11.1. The summed E-state index contributed by atoms with van der Waals surface area (Å²) in [6.45, 7) is 7.95. The first kappa shape index (κ1) is 23.8. The first-order valence-electron chi connectivity index (χ1n) is 10.1. The van der Waals surface area contributed by atoms with Crippen molar-refractivity contribution in [2.75, 3.05) is 12.9 Å². The van der Waals surface area contributed by atoms with E-state index in [2.05, 4.69) is 5.32 Å². The van der Waals surface area contributed by atoms with Crippen molar-refractivity contribution in [1.29, 1.82) is 0 Å². The fourth-order valence-corrected chi connectivity index (χ4v) is 3.77. The number of amides is 2. The van der Waals surface area contributed by atoms with Crippen LogP contribution in [-0.2, 0) is 21.9 Å². The van der Waals surface area contributed by atoms with Crippen molar-refractivity contribution >= 4 is 23.6 Å². The van der Waals surface area contributed by atoms with Gasteiger partial charge in [0.25, 0.3) is 0 Å². The molecule has 2 amide bonds. The quantitative estimate of drug-likeness (QED) is 0.648. The van der Waals surface area contributed by atoms with Gasteiger partial charge in [0.15, 0.2) is 0 Å². The highest BCUT2D eigenvalue weighted by Crippen LogP contribution is 2.18. The van der Waals surface area contributed by atoms with E-state index in [9.17, 15) is 9.59 Å².